The fourth-order valence-corrected chi connectivity index (χ4v) is 3.79. The van der Waals surface area contributed by atoms with Crippen molar-refractivity contribution in [2.24, 2.45) is 5.92 Å². The lowest BCUT2D eigenvalue weighted by atomic mass is 9.89. The van der Waals surface area contributed by atoms with Crippen LogP contribution in [-0.2, 0) is 11.3 Å². The van der Waals surface area contributed by atoms with Crippen molar-refractivity contribution in [3.63, 3.8) is 0 Å². The van der Waals surface area contributed by atoms with E-state index < -0.39 is 6.10 Å². The molecule has 0 spiro atoms. The quantitative estimate of drug-likeness (QED) is 0.773. The highest BCUT2D eigenvalue weighted by atomic mass is 35.5. The van der Waals surface area contributed by atoms with Crippen LogP contribution in [0.3, 0.4) is 0 Å². The molecule has 3 rings (SSSR count). The smallest absolute Gasteiger partial charge is 0.220 e. The van der Waals surface area contributed by atoms with Gasteiger partial charge in [-0.1, -0.05) is 24.3 Å². The number of aliphatic hydroxyl groups excluding tert-OH is 1. The fourth-order valence-electron chi connectivity index (χ4n) is 3.79. The maximum absolute atomic E-state index is 12.1. The second-order valence-electron chi connectivity index (χ2n) is 6.87. The summed E-state index contributed by atoms with van der Waals surface area (Å²) in [6, 6.07) is 9.04. The Morgan fingerprint density at radius 2 is 1.87 bits per heavy atom. The van der Waals surface area contributed by atoms with Crippen LogP contribution in [-0.4, -0.2) is 23.1 Å². The molecule has 23 heavy (non-hydrogen) atoms. The van der Waals surface area contributed by atoms with Crippen LogP contribution in [0.5, 0.6) is 0 Å². The molecule has 1 amide bonds. The number of fused-ring (bicyclic) bond motifs is 2. The summed E-state index contributed by atoms with van der Waals surface area (Å²) < 4.78 is 0. The zero-order valence-electron chi connectivity index (χ0n) is 13.6. The maximum atomic E-state index is 12.1. The van der Waals surface area contributed by atoms with Gasteiger partial charge in [0.25, 0.3) is 0 Å². The summed E-state index contributed by atoms with van der Waals surface area (Å²) in [4.78, 5) is 12.1. The number of rotatable bonds is 5. The van der Waals surface area contributed by atoms with Gasteiger partial charge in [-0.2, -0.15) is 0 Å². The second kappa shape index (κ2) is 8.13. The lowest BCUT2D eigenvalue weighted by molar-refractivity contribution is -0.122. The zero-order chi connectivity index (χ0) is 15.5. The summed E-state index contributed by atoms with van der Waals surface area (Å²) in [5.74, 6) is 0.697. The van der Waals surface area contributed by atoms with Gasteiger partial charge in [-0.05, 0) is 49.7 Å². The van der Waals surface area contributed by atoms with Crippen molar-refractivity contribution >= 4 is 18.3 Å². The summed E-state index contributed by atoms with van der Waals surface area (Å²) in [5, 5.41) is 16.1. The van der Waals surface area contributed by atoms with E-state index in [0.29, 0.717) is 31.0 Å². The second-order valence-corrected chi connectivity index (χ2v) is 6.87. The van der Waals surface area contributed by atoms with E-state index in [9.17, 15) is 9.90 Å². The number of halogens is 1. The minimum atomic E-state index is -0.445. The Morgan fingerprint density at radius 1 is 1.26 bits per heavy atom. The molecule has 2 aliphatic heterocycles. The van der Waals surface area contributed by atoms with Gasteiger partial charge in [-0.3, -0.25) is 4.79 Å². The predicted molar refractivity (Wildman–Crippen MR) is 93.5 cm³/mol. The Hall–Kier alpha value is -1.10. The first-order valence-corrected chi connectivity index (χ1v) is 8.40. The van der Waals surface area contributed by atoms with Gasteiger partial charge in [0, 0.05) is 25.0 Å². The van der Waals surface area contributed by atoms with Crippen molar-refractivity contribution in [2.45, 2.75) is 63.8 Å². The molecule has 1 aromatic rings. The third-order valence-electron chi connectivity index (χ3n) is 5.00. The minimum Gasteiger partial charge on any atom is -0.389 e. The molecule has 5 heteroatoms. The zero-order valence-corrected chi connectivity index (χ0v) is 14.4. The van der Waals surface area contributed by atoms with E-state index in [1.807, 2.05) is 24.3 Å². The van der Waals surface area contributed by atoms with E-state index in [1.165, 1.54) is 12.8 Å². The van der Waals surface area contributed by atoms with Gasteiger partial charge in [0.05, 0.1) is 6.10 Å². The number of piperidine rings is 1. The number of aliphatic hydroxyl groups is 1. The minimum absolute atomic E-state index is 0. The van der Waals surface area contributed by atoms with E-state index in [1.54, 1.807) is 6.92 Å². The third kappa shape index (κ3) is 4.93. The number of carbonyl (C=O) groups is 1. The lowest BCUT2D eigenvalue weighted by Gasteiger charge is -2.28. The first kappa shape index (κ1) is 18.2. The number of carbonyl (C=O) groups excluding carboxylic acids is 1. The Labute approximate surface area is 144 Å². The molecule has 128 valence electrons. The molecule has 2 bridgehead atoms. The molecule has 3 atom stereocenters. The van der Waals surface area contributed by atoms with Crippen LogP contribution in [0.4, 0.5) is 0 Å². The van der Waals surface area contributed by atoms with E-state index in [4.69, 9.17) is 0 Å². The van der Waals surface area contributed by atoms with Gasteiger partial charge in [0.1, 0.15) is 0 Å². The third-order valence-corrected chi connectivity index (χ3v) is 5.00. The largest absolute Gasteiger partial charge is 0.389 e. The molecular formula is C18H27ClN2O2. The summed E-state index contributed by atoms with van der Waals surface area (Å²) in [6.45, 7) is 2.32. The Bertz CT molecular complexity index is 506. The van der Waals surface area contributed by atoms with Crippen LogP contribution in [0.25, 0.3) is 0 Å². The number of benzene rings is 1. The molecular weight excluding hydrogens is 312 g/mol. The van der Waals surface area contributed by atoms with Gasteiger partial charge in [-0.25, -0.2) is 0 Å². The number of hydrogen-bond donors (Lipinski definition) is 3. The number of hydrogen-bond acceptors (Lipinski definition) is 3. The van der Waals surface area contributed by atoms with E-state index in [0.717, 1.165) is 24.0 Å². The van der Waals surface area contributed by atoms with Crippen molar-refractivity contribution in [1.29, 1.82) is 0 Å². The molecule has 0 radical (unpaired) electrons. The fraction of sp³-hybridized carbons (Fsp3) is 0.611. The summed E-state index contributed by atoms with van der Waals surface area (Å²) >= 11 is 0. The number of nitrogens with one attached hydrogen (secondary N) is 2. The average Bonchev–Trinajstić information content (AvgIpc) is 2.84. The van der Waals surface area contributed by atoms with Crippen molar-refractivity contribution < 1.29 is 9.90 Å². The normalized spacial score (nSPS) is 27.1. The molecule has 1 aromatic carbocycles. The van der Waals surface area contributed by atoms with Gasteiger partial charge >= 0.3 is 0 Å². The molecule has 2 saturated heterocycles. The first-order chi connectivity index (χ1) is 10.6. The van der Waals surface area contributed by atoms with Crippen molar-refractivity contribution in [1.82, 2.24) is 10.6 Å². The van der Waals surface area contributed by atoms with Crippen LogP contribution >= 0.6 is 12.4 Å². The van der Waals surface area contributed by atoms with Crippen LogP contribution in [0.2, 0.25) is 0 Å². The highest BCUT2D eigenvalue weighted by Crippen LogP contribution is 2.32. The number of amides is 1. The van der Waals surface area contributed by atoms with E-state index in [-0.39, 0.29) is 18.3 Å². The van der Waals surface area contributed by atoms with E-state index >= 15 is 0 Å². The maximum Gasteiger partial charge on any atom is 0.220 e. The molecule has 3 N–H and O–H groups in total. The predicted octanol–water partition coefficient (Wildman–Crippen LogP) is 2.70. The van der Waals surface area contributed by atoms with E-state index in [2.05, 4.69) is 10.6 Å². The monoisotopic (exact) mass is 338 g/mol. The van der Waals surface area contributed by atoms with Crippen molar-refractivity contribution in [2.75, 3.05) is 0 Å². The Balaban J connectivity index is 0.00000192. The molecule has 0 aliphatic carbocycles. The first-order valence-electron chi connectivity index (χ1n) is 8.40. The van der Waals surface area contributed by atoms with Gasteiger partial charge in [-0.15, -0.1) is 12.4 Å². The lowest BCUT2D eigenvalue weighted by Crippen LogP contribution is -2.39. The van der Waals surface area contributed by atoms with Crippen LogP contribution in [0.1, 0.15) is 56.3 Å². The van der Waals surface area contributed by atoms with Crippen LogP contribution in [0.15, 0.2) is 24.3 Å². The molecule has 4 nitrogen and oxygen atoms in total. The summed E-state index contributed by atoms with van der Waals surface area (Å²) in [6.07, 6.45) is 5.05. The standard InChI is InChI=1S/C18H26N2O2.ClH/c1-12(21)15-4-2-13(3-5-15)11-19-18(22)10-14-8-16-6-7-17(9-14)20-16;/h2-5,12,14,16-17,20-21H,6-11H2,1H3,(H,19,22);1H. The average molecular weight is 339 g/mol. The van der Waals surface area contributed by atoms with Crippen LogP contribution < -0.4 is 10.6 Å². The molecule has 0 aromatic heterocycles. The van der Waals surface area contributed by atoms with Crippen LogP contribution in [0, 0.1) is 5.92 Å². The molecule has 3 unspecified atom stereocenters. The Morgan fingerprint density at radius 3 is 2.43 bits per heavy atom. The van der Waals surface area contributed by atoms with Gasteiger partial charge in [0.2, 0.25) is 5.91 Å². The SMILES string of the molecule is CC(O)c1ccc(CNC(=O)CC2CC3CCC(C2)N3)cc1.Cl. The molecule has 0 saturated carbocycles. The topological polar surface area (TPSA) is 61.4 Å². The Kier molecular flexibility index (Phi) is 6.45. The molecule has 2 aliphatic rings. The summed E-state index contributed by atoms with van der Waals surface area (Å²) in [5.41, 5.74) is 1.98. The van der Waals surface area contributed by atoms with Gasteiger partial charge < -0.3 is 15.7 Å². The van der Waals surface area contributed by atoms with Gasteiger partial charge in [0.15, 0.2) is 0 Å². The highest BCUT2D eigenvalue weighted by molar-refractivity contribution is 5.85. The molecule has 2 fully saturated rings. The molecule has 2 heterocycles. The van der Waals surface area contributed by atoms with Crippen molar-refractivity contribution in [3.05, 3.63) is 35.4 Å². The summed E-state index contributed by atoms with van der Waals surface area (Å²) in [7, 11) is 0. The highest BCUT2D eigenvalue weighted by Gasteiger charge is 2.34. The van der Waals surface area contributed by atoms with Crippen molar-refractivity contribution in [3.8, 4) is 0 Å².